The van der Waals surface area contributed by atoms with Gasteiger partial charge in [0.05, 0.1) is 6.10 Å². The summed E-state index contributed by atoms with van der Waals surface area (Å²) < 4.78 is 0. The first-order chi connectivity index (χ1) is 14.5. The number of carbonyl (C=O) groups is 2. The van der Waals surface area contributed by atoms with Crippen LogP contribution in [0.4, 0.5) is 0 Å². The molecule has 4 aliphatic rings. The highest BCUT2D eigenvalue weighted by molar-refractivity contribution is 5.66. The van der Waals surface area contributed by atoms with E-state index >= 15 is 0 Å². The van der Waals surface area contributed by atoms with Gasteiger partial charge in [-0.15, -0.1) is 0 Å². The van der Waals surface area contributed by atoms with Gasteiger partial charge in [-0.05, 0) is 111 Å². The minimum Gasteiger partial charge on any atom is -0.481 e. The molecular formula is C26H44O5. The zero-order chi connectivity index (χ0) is 23.0. The second-order valence-electron chi connectivity index (χ2n) is 11.7. The lowest BCUT2D eigenvalue weighted by Gasteiger charge is -2.61. The standard InChI is InChI=1S/C24H40O3.C2H4O2/c1-15(4-9-22(26)27)19-7-8-20-18-6-5-16-14-17(25)10-12-23(16,2)21(18)11-13-24(19,20)3;1-2(3)4/h15-21,25H,4-14H2,1-3H3,(H,26,27);1H3,(H,3,4)/t15-,16?,17-,18+,19-,20+,21+,23+,24-;/m1./s1. The zero-order valence-corrected chi connectivity index (χ0v) is 20.0. The predicted molar refractivity (Wildman–Crippen MR) is 121 cm³/mol. The summed E-state index contributed by atoms with van der Waals surface area (Å²) >= 11 is 0. The summed E-state index contributed by atoms with van der Waals surface area (Å²) in [4.78, 5) is 20.0. The van der Waals surface area contributed by atoms with E-state index in [1.54, 1.807) is 0 Å². The van der Waals surface area contributed by atoms with E-state index in [9.17, 15) is 9.90 Å². The van der Waals surface area contributed by atoms with Gasteiger partial charge in [-0.1, -0.05) is 20.8 Å². The minimum absolute atomic E-state index is 0.0561. The van der Waals surface area contributed by atoms with E-state index in [1.807, 2.05) is 0 Å². The Bertz CT molecular complexity index is 658. The molecule has 5 nitrogen and oxygen atoms in total. The van der Waals surface area contributed by atoms with Crippen molar-refractivity contribution >= 4 is 11.9 Å². The fourth-order valence-electron chi connectivity index (χ4n) is 8.76. The van der Waals surface area contributed by atoms with Gasteiger partial charge in [-0.25, -0.2) is 0 Å². The maximum atomic E-state index is 11.0. The van der Waals surface area contributed by atoms with Crippen LogP contribution in [0.15, 0.2) is 0 Å². The first-order valence-corrected chi connectivity index (χ1v) is 12.6. The third-order valence-corrected chi connectivity index (χ3v) is 10.2. The molecule has 0 spiro atoms. The van der Waals surface area contributed by atoms with E-state index in [0.29, 0.717) is 29.1 Å². The lowest BCUT2D eigenvalue weighted by Crippen LogP contribution is -2.54. The zero-order valence-electron chi connectivity index (χ0n) is 20.0. The largest absolute Gasteiger partial charge is 0.481 e. The molecule has 4 saturated carbocycles. The van der Waals surface area contributed by atoms with Crippen molar-refractivity contribution in [2.45, 2.75) is 104 Å². The van der Waals surface area contributed by atoms with E-state index in [0.717, 1.165) is 49.9 Å². The van der Waals surface area contributed by atoms with Crippen LogP contribution in [0.1, 0.15) is 98.3 Å². The van der Waals surface area contributed by atoms with Crippen LogP contribution in [0.3, 0.4) is 0 Å². The van der Waals surface area contributed by atoms with Crippen molar-refractivity contribution in [3.8, 4) is 0 Å². The molecule has 0 aromatic rings. The molecule has 4 rings (SSSR count). The van der Waals surface area contributed by atoms with Crippen molar-refractivity contribution in [2.24, 2.45) is 46.3 Å². The maximum absolute atomic E-state index is 11.0. The third kappa shape index (κ3) is 4.82. The SMILES string of the molecule is CC(=O)O.C[C@H](CCC(=O)O)[C@H]1CC[C@H]2[C@@H]3CCC4C[C@H](O)CC[C@]4(C)[C@H]3CC[C@]12C. The fourth-order valence-corrected chi connectivity index (χ4v) is 8.76. The number of hydrogen-bond acceptors (Lipinski definition) is 3. The molecule has 1 unspecified atom stereocenters. The van der Waals surface area contributed by atoms with E-state index in [1.165, 1.54) is 44.9 Å². The van der Waals surface area contributed by atoms with Crippen LogP contribution in [0.5, 0.6) is 0 Å². The van der Waals surface area contributed by atoms with E-state index in [4.69, 9.17) is 15.0 Å². The molecule has 0 heterocycles. The van der Waals surface area contributed by atoms with Crippen molar-refractivity contribution in [1.82, 2.24) is 0 Å². The van der Waals surface area contributed by atoms with E-state index in [-0.39, 0.29) is 6.10 Å². The Balaban J connectivity index is 0.000000628. The van der Waals surface area contributed by atoms with Crippen molar-refractivity contribution in [3.63, 3.8) is 0 Å². The molecule has 178 valence electrons. The summed E-state index contributed by atoms with van der Waals surface area (Å²) in [6, 6.07) is 0. The lowest BCUT2D eigenvalue weighted by atomic mass is 9.44. The van der Waals surface area contributed by atoms with Crippen molar-refractivity contribution in [2.75, 3.05) is 0 Å². The number of fused-ring (bicyclic) bond motifs is 5. The van der Waals surface area contributed by atoms with Gasteiger partial charge in [0.1, 0.15) is 0 Å². The molecule has 4 aliphatic carbocycles. The molecule has 0 saturated heterocycles. The summed E-state index contributed by atoms with van der Waals surface area (Å²) in [5.74, 6) is 3.07. The van der Waals surface area contributed by atoms with Gasteiger partial charge in [0.15, 0.2) is 0 Å². The number of carboxylic acid groups (broad SMARTS) is 2. The molecule has 9 atom stereocenters. The van der Waals surface area contributed by atoms with Crippen LogP contribution in [0, 0.1) is 46.3 Å². The lowest BCUT2D eigenvalue weighted by molar-refractivity contribution is -0.138. The molecule has 3 N–H and O–H groups in total. The molecule has 0 bridgehead atoms. The number of rotatable bonds is 4. The van der Waals surface area contributed by atoms with Gasteiger partial charge in [0.2, 0.25) is 0 Å². The average molecular weight is 437 g/mol. The maximum Gasteiger partial charge on any atom is 0.303 e. The highest BCUT2D eigenvalue weighted by Crippen LogP contribution is 2.68. The number of hydrogen-bond donors (Lipinski definition) is 3. The van der Waals surface area contributed by atoms with Crippen LogP contribution < -0.4 is 0 Å². The summed E-state index contributed by atoms with van der Waals surface area (Å²) in [5, 5.41) is 26.7. The second-order valence-corrected chi connectivity index (χ2v) is 11.7. The van der Waals surface area contributed by atoms with Crippen molar-refractivity contribution in [3.05, 3.63) is 0 Å². The quantitative estimate of drug-likeness (QED) is 0.533. The Hall–Kier alpha value is -1.10. The van der Waals surface area contributed by atoms with Crippen molar-refractivity contribution < 1.29 is 24.9 Å². The smallest absolute Gasteiger partial charge is 0.303 e. The van der Waals surface area contributed by atoms with Crippen LogP contribution in [-0.2, 0) is 9.59 Å². The molecule has 4 fully saturated rings. The Labute approximate surface area is 188 Å². The highest BCUT2D eigenvalue weighted by atomic mass is 16.4. The molecule has 0 aromatic heterocycles. The predicted octanol–water partition coefficient (Wildman–Crippen LogP) is 5.60. The second kappa shape index (κ2) is 9.41. The first-order valence-electron chi connectivity index (χ1n) is 12.6. The Morgan fingerprint density at radius 1 is 0.935 bits per heavy atom. The number of aliphatic hydroxyl groups excluding tert-OH is 1. The number of aliphatic hydroxyl groups is 1. The van der Waals surface area contributed by atoms with Crippen LogP contribution in [0.25, 0.3) is 0 Å². The van der Waals surface area contributed by atoms with Gasteiger partial charge in [-0.2, -0.15) is 0 Å². The monoisotopic (exact) mass is 436 g/mol. The summed E-state index contributed by atoms with van der Waals surface area (Å²) in [7, 11) is 0. The van der Waals surface area contributed by atoms with Gasteiger partial charge in [0, 0.05) is 13.3 Å². The minimum atomic E-state index is -0.833. The summed E-state index contributed by atoms with van der Waals surface area (Å²) in [6.45, 7) is 8.51. The first kappa shape index (κ1) is 24.5. The highest BCUT2D eigenvalue weighted by Gasteiger charge is 2.60. The van der Waals surface area contributed by atoms with Crippen molar-refractivity contribution in [1.29, 1.82) is 0 Å². The summed E-state index contributed by atoms with van der Waals surface area (Å²) in [5.41, 5.74) is 0.882. The Morgan fingerprint density at radius 3 is 2.19 bits per heavy atom. The average Bonchev–Trinajstić information content (AvgIpc) is 3.03. The van der Waals surface area contributed by atoms with Crippen LogP contribution in [0.2, 0.25) is 0 Å². The van der Waals surface area contributed by atoms with Crippen LogP contribution in [-0.4, -0.2) is 33.4 Å². The summed E-state index contributed by atoms with van der Waals surface area (Å²) in [6.07, 6.45) is 12.4. The van der Waals surface area contributed by atoms with Gasteiger partial charge >= 0.3 is 5.97 Å². The van der Waals surface area contributed by atoms with E-state index in [2.05, 4.69) is 20.8 Å². The topological polar surface area (TPSA) is 94.8 Å². The molecule has 31 heavy (non-hydrogen) atoms. The van der Waals surface area contributed by atoms with Crippen LogP contribution >= 0.6 is 0 Å². The molecule has 0 aliphatic heterocycles. The van der Waals surface area contributed by atoms with Gasteiger partial charge in [0.25, 0.3) is 5.97 Å². The molecule has 0 radical (unpaired) electrons. The molecule has 0 aromatic carbocycles. The molecular weight excluding hydrogens is 392 g/mol. The number of aliphatic carboxylic acids is 2. The molecule has 5 heteroatoms. The van der Waals surface area contributed by atoms with E-state index < -0.39 is 11.9 Å². The number of carboxylic acids is 2. The molecule has 0 amide bonds. The Kier molecular flexibility index (Phi) is 7.45. The third-order valence-electron chi connectivity index (χ3n) is 10.2. The Morgan fingerprint density at radius 2 is 1.55 bits per heavy atom. The van der Waals surface area contributed by atoms with Gasteiger partial charge < -0.3 is 15.3 Å². The fraction of sp³-hybridized carbons (Fsp3) is 0.923. The normalized spacial score (nSPS) is 44.7. The van der Waals surface area contributed by atoms with Gasteiger partial charge in [-0.3, -0.25) is 9.59 Å².